The number of carbonyl (C=O) groups is 2. The fourth-order valence-electron chi connectivity index (χ4n) is 6.02. The van der Waals surface area contributed by atoms with Crippen LogP contribution in [0.15, 0.2) is 12.2 Å². The topological polar surface area (TPSA) is 61.8 Å². The summed E-state index contributed by atoms with van der Waals surface area (Å²) in [6.07, 6.45) is 5.03. The van der Waals surface area contributed by atoms with Crippen molar-refractivity contribution in [3.63, 3.8) is 0 Å². The molecule has 4 bridgehead atoms. The molecular weight excluding hydrogens is 320 g/mol. The molecule has 25 heavy (non-hydrogen) atoms. The summed E-state index contributed by atoms with van der Waals surface area (Å²) >= 11 is 0. The first-order chi connectivity index (χ1) is 11.6. The van der Waals surface area contributed by atoms with Gasteiger partial charge in [0.15, 0.2) is 6.61 Å². The van der Waals surface area contributed by atoms with E-state index in [0.717, 1.165) is 25.7 Å². The van der Waals surface area contributed by atoms with Gasteiger partial charge in [0.25, 0.3) is 0 Å². The van der Waals surface area contributed by atoms with Crippen LogP contribution in [0.3, 0.4) is 0 Å². The fraction of sp³-hybridized carbons (Fsp3) is 0.800. The van der Waals surface area contributed by atoms with Crippen LogP contribution in [0.4, 0.5) is 0 Å². The summed E-state index contributed by atoms with van der Waals surface area (Å²) in [5.41, 5.74) is -0.274. The first kappa shape index (κ1) is 18.4. The highest BCUT2D eigenvalue weighted by Gasteiger charge is 2.68. The zero-order valence-electron chi connectivity index (χ0n) is 15.9. The van der Waals surface area contributed by atoms with Crippen molar-refractivity contribution < 1.29 is 23.8 Å². The molecule has 5 atom stereocenters. The van der Waals surface area contributed by atoms with E-state index in [1.165, 1.54) is 6.42 Å². The largest absolute Gasteiger partial charge is 0.456 e. The van der Waals surface area contributed by atoms with Crippen LogP contribution in [0.5, 0.6) is 0 Å². The molecule has 0 spiro atoms. The van der Waals surface area contributed by atoms with Crippen molar-refractivity contribution in [2.45, 2.75) is 71.0 Å². The Morgan fingerprint density at radius 1 is 1.16 bits per heavy atom. The molecule has 4 saturated carbocycles. The molecule has 0 aromatic heterocycles. The first-order valence-electron chi connectivity index (χ1n) is 9.32. The SMILES string of the molecule is C=C(C)C(=O)OCC(=O)OC12CC3CC(C)(CC(OCC)(C3)C1C)C2. The summed E-state index contributed by atoms with van der Waals surface area (Å²) in [4.78, 5) is 23.9. The van der Waals surface area contributed by atoms with Crippen LogP contribution in [0.2, 0.25) is 0 Å². The molecule has 4 fully saturated rings. The second kappa shape index (κ2) is 6.11. The maximum Gasteiger partial charge on any atom is 0.344 e. The van der Waals surface area contributed by atoms with E-state index in [1.54, 1.807) is 6.92 Å². The maximum atomic E-state index is 12.4. The van der Waals surface area contributed by atoms with E-state index in [9.17, 15) is 9.59 Å². The lowest BCUT2D eigenvalue weighted by Gasteiger charge is -2.67. The van der Waals surface area contributed by atoms with Crippen molar-refractivity contribution >= 4 is 11.9 Å². The highest BCUT2D eigenvalue weighted by Crippen LogP contribution is 2.67. The number of hydrogen-bond donors (Lipinski definition) is 0. The predicted molar refractivity (Wildman–Crippen MR) is 92.8 cm³/mol. The molecule has 5 nitrogen and oxygen atoms in total. The van der Waals surface area contributed by atoms with Gasteiger partial charge in [0.2, 0.25) is 0 Å². The Balaban J connectivity index is 1.76. The molecule has 5 unspecified atom stereocenters. The minimum Gasteiger partial charge on any atom is -0.456 e. The molecule has 4 rings (SSSR count). The van der Waals surface area contributed by atoms with Gasteiger partial charge < -0.3 is 14.2 Å². The number of esters is 2. The molecular formula is C20H30O5. The Morgan fingerprint density at radius 3 is 2.40 bits per heavy atom. The lowest BCUT2D eigenvalue weighted by molar-refractivity contribution is -0.284. The summed E-state index contributed by atoms with van der Waals surface area (Å²) in [7, 11) is 0. The van der Waals surface area contributed by atoms with E-state index in [2.05, 4.69) is 20.4 Å². The van der Waals surface area contributed by atoms with Crippen molar-refractivity contribution in [1.29, 1.82) is 0 Å². The van der Waals surface area contributed by atoms with Crippen molar-refractivity contribution in [3.8, 4) is 0 Å². The van der Waals surface area contributed by atoms with Gasteiger partial charge in [-0.1, -0.05) is 20.4 Å². The standard InChI is InChI=1S/C20H30O5/c1-6-24-19-8-15-7-18(5,11-19)12-20(9-15,14(19)4)25-16(21)10-23-17(22)13(2)3/h14-15H,2,6-12H2,1,3-5H3. The summed E-state index contributed by atoms with van der Waals surface area (Å²) in [6, 6.07) is 0. The molecule has 140 valence electrons. The predicted octanol–water partition coefficient (Wildman–Crippen LogP) is 3.41. The third kappa shape index (κ3) is 3.12. The van der Waals surface area contributed by atoms with Gasteiger partial charge in [-0.25, -0.2) is 9.59 Å². The van der Waals surface area contributed by atoms with Gasteiger partial charge in [0.1, 0.15) is 5.60 Å². The highest BCUT2D eigenvalue weighted by molar-refractivity contribution is 5.88. The van der Waals surface area contributed by atoms with Gasteiger partial charge in [-0.05, 0) is 57.3 Å². The third-order valence-electron chi connectivity index (χ3n) is 6.50. The fourth-order valence-corrected chi connectivity index (χ4v) is 6.02. The lowest BCUT2D eigenvalue weighted by atomic mass is 9.43. The molecule has 0 heterocycles. The van der Waals surface area contributed by atoms with E-state index in [0.29, 0.717) is 12.5 Å². The molecule has 4 aliphatic rings. The number of rotatable bonds is 6. The van der Waals surface area contributed by atoms with Crippen LogP contribution in [-0.2, 0) is 23.8 Å². The molecule has 5 heteroatoms. The van der Waals surface area contributed by atoms with Crippen LogP contribution in [0.1, 0.15) is 59.8 Å². The Labute approximate surface area is 150 Å². The average molecular weight is 350 g/mol. The molecule has 0 amide bonds. The molecule has 0 aromatic rings. The zero-order valence-corrected chi connectivity index (χ0v) is 15.9. The minimum absolute atomic E-state index is 0.144. The normalized spacial score (nSPS) is 41.4. The van der Waals surface area contributed by atoms with Crippen LogP contribution < -0.4 is 0 Å². The van der Waals surface area contributed by atoms with E-state index < -0.39 is 17.5 Å². The molecule has 0 saturated heterocycles. The van der Waals surface area contributed by atoms with E-state index in [4.69, 9.17) is 14.2 Å². The quantitative estimate of drug-likeness (QED) is 0.543. The number of carbonyl (C=O) groups excluding carboxylic acids is 2. The second-order valence-corrected chi connectivity index (χ2v) is 8.76. The molecule has 0 N–H and O–H groups in total. The molecule has 0 radical (unpaired) electrons. The second-order valence-electron chi connectivity index (χ2n) is 8.76. The van der Waals surface area contributed by atoms with Gasteiger partial charge in [0, 0.05) is 18.1 Å². The van der Waals surface area contributed by atoms with Crippen molar-refractivity contribution in [2.24, 2.45) is 17.3 Å². The van der Waals surface area contributed by atoms with Crippen LogP contribution in [0.25, 0.3) is 0 Å². The zero-order chi connectivity index (χ0) is 18.5. The lowest BCUT2D eigenvalue weighted by Crippen LogP contribution is -2.69. The maximum absolute atomic E-state index is 12.4. The minimum atomic E-state index is -0.562. The number of ether oxygens (including phenoxy) is 3. The summed E-state index contributed by atoms with van der Waals surface area (Å²) in [5, 5.41) is 0. The van der Waals surface area contributed by atoms with E-state index >= 15 is 0 Å². The summed E-state index contributed by atoms with van der Waals surface area (Å²) < 4.78 is 17.2. The van der Waals surface area contributed by atoms with Gasteiger partial charge in [0.05, 0.1) is 5.60 Å². The Morgan fingerprint density at radius 2 is 1.80 bits per heavy atom. The first-order valence-corrected chi connectivity index (χ1v) is 9.32. The van der Waals surface area contributed by atoms with E-state index in [1.807, 2.05) is 6.92 Å². The van der Waals surface area contributed by atoms with Crippen molar-refractivity contribution in [3.05, 3.63) is 12.2 Å². The molecule has 0 aromatic carbocycles. The van der Waals surface area contributed by atoms with Crippen molar-refractivity contribution in [1.82, 2.24) is 0 Å². The molecule has 4 aliphatic carbocycles. The Hall–Kier alpha value is -1.36. The Kier molecular flexibility index (Phi) is 4.51. The highest BCUT2D eigenvalue weighted by atomic mass is 16.6. The van der Waals surface area contributed by atoms with Gasteiger partial charge in [-0.2, -0.15) is 0 Å². The van der Waals surface area contributed by atoms with E-state index in [-0.39, 0.29) is 29.1 Å². The van der Waals surface area contributed by atoms with Crippen LogP contribution in [-0.4, -0.2) is 36.4 Å². The van der Waals surface area contributed by atoms with Gasteiger partial charge in [-0.15, -0.1) is 0 Å². The third-order valence-corrected chi connectivity index (χ3v) is 6.50. The van der Waals surface area contributed by atoms with Gasteiger partial charge >= 0.3 is 11.9 Å². The van der Waals surface area contributed by atoms with Crippen LogP contribution in [0, 0.1) is 17.3 Å². The van der Waals surface area contributed by atoms with Gasteiger partial charge in [-0.3, -0.25) is 0 Å². The van der Waals surface area contributed by atoms with Crippen LogP contribution >= 0.6 is 0 Å². The average Bonchev–Trinajstić information content (AvgIpc) is 2.48. The summed E-state index contributed by atoms with van der Waals surface area (Å²) in [6.45, 7) is 11.9. The monoisotopic (exact) mass is 350 g/mol. The number of hydrogen-bond acceptors (Lipinski definition) is 5. The van der Waals surface area contributed by atoms with Crippen molar-refractivity contribution in [2.75, 3.05) is 13.2 Å². The smallest absolute Gasteiger partial charge is 0.344 e. The molecule has 0 aliphatic heterocycles. The summed E-state index contributed by atoms with van der Waals surface area (Å²) in [5.74, 6) is -0.363. The Bertz CT molecular complexity index is 599.